The molecule has 0 aromatic carbocycles. The Labute approximate surface area is 105 Å². The van der Waals surface area contributed by atoms with Gasteiger partial charge in [-0.3, -0.25) is 4.79 Å². The Balaban J connectivity index is 3.27. The second-order valence-electron chi connectivity index (χ2n) is 4.33. The Hall–Kier alpha value is -0.610. The number of carbonyl (C=O) groups is 1. The van der Waals surface area contributed by atoms with Crippen molar-refractivity contribution >= 4 is 5.91 Å². The lowest BCUT2D eigenvalue weighted by atomic mass is 10.2. The van der Waals surface area contributed by atoms with Gasteiger partial charge in [-0.15, -0.1) is 0 Å². The standard InChI is InChI=1S/C13H28N2O2/c1-4-6-9-17-10-7-8-15-13(16)11-12(3)14-5-2/h12,14H,4-11H2,1-3H3,(H,15,16). The predicted molar refractivity (Wildman–Crippen MR) is 71.1 cm³/mol. The van der Waals surface area contributed by atoms with Gasteiger partial charge in [-0.1, -0.05) is 20.3 Å². The summed E-state index contributed by atoms with van der Waals surface area (Å²) in [6, 6.07) is 0.251. The van der Waals surface area contributed by atoms with Crippen LogP contribution in [0.5, 0.6) is 0 Å². The molecule has 4 heteroatoms. The van der Waals surface area contributed by atoms with Crippen molar-refractivity contribution in [1.82, 2.24) is 10.6 Å². The molecule has 0 spiro atoms. The lowest BCUT2D eigenvalue weighted by molar-refractivity contribution is -0.121. The van der Waals surface area contributed by atoms with Crippen molar-refractivity contribution in [1.29, 1.82) is 0 Å². The molecule has 0 aliphatic carbocycles. The first kappa shape index (κ1) is 16.4. The van der Waals surface area contributed by atoms with Crippen LogP contribution in [-0.2, 0) is 9.53 Å². The number of amides is 1. The first-order valence-corrected chi connectivity index (χ1v) is 6.78. The fraction of sp³-hybridized carbons (Fsp3) is 0.923. The van der Waals surface area contributed by atoms with Crippen molar-refractivity contribution in [2.24, 2.45) is 0 Å². The van der Waals surface area contributed by atoms with Gasteiger partial charge in [-0.2, -0.15) is 0 Å². The van der Waals surface area contributed by atoms with E-state index in [1.807, 2.05) is 13.8 Å². The third-order valence-electron chi connectivity index (χ3n) is 2.47. The third kappa shape index (κ3) is 11.6. The van der Waals surface area contributed by atoms with E-state index < -0.39 is 0 Å². The van der Waals surface area contributed by atoms with Crippen molar-refractivity contribution in [3.63, 3.8) is 0 Å². The van der Waals surface area contributed by atoms with Crippen LogP contribution in [0.1, 0.15) is 46.5 Å². The van der Waals surface area contributed by atoms with Crippen molar-refractivity contribution in [3.05, 3.63) is 0 Å². The van der Waals surface area contributed by atoms with Gasteiger partial charge in [0.05, 0.1) is 0 Å². The lowest BCUT2D eigenvalue weighted by Gasteiger charge is -2.12. The largest absolute Gasteiger partial charge is 0.381 e. The molecule has 0 aliphatic heterocycles. The zero-order valence-electron chi connectivity index (χ0n) is 11.6. The minimum atomic E-state index is 0.118. The first-order chi connectivity index (χ1) is 8.20. The number of nitrogens with one attached hydrogen (secondary N) is 2. The molecular weight excluding hydrogens is 216 g/mol. The van der Waals surface area contributed by atoms with Gasteiger partial charge in [0.25, 0.3) is 0 Å². The molecule has 1 atom stereocenters. The molecule has 4 nitrogen and oxygen atoms in total. The van der Waals surface area contributed by atoms with E-state index in [1.54, 1.807) is 0 Å². The number of hydrogen-bond donors (Lipinski definition) is 2. The summed E-state index contributed by atoms with van der Waals surface area (Å²) < 4.78 is 5.41. The van der Waals surface area contributed by atoms with Crippen molar-refractivity contribution in [2.45, 2.75) is 52.5 Å². The highest BCUT2D eigenvalue weighted by Gasteiger charge is 2.06. The SMILES string of the molecule is CCCCOCCCNC(=O)CC(C)NCC. The minimum Gasteiger partial charge on any atom is -0.381 e. The fourth-order valence-corrected chi connectivity index (χ4v) is 1.52. The van der Waals surface area contributed by atoms with Gasteiger partial charge < -0.3 is 15.4 Å². The van der Waals surface area contributed by atoms with Crippen LogP contribution in [0.15, 0.2) is 0 Å². The van der Waals surface area contributed by atoms with Gasteiger partial charge in [0.1, 0.15) is 0 Å². The Bertz CT molecular complexity index is 186. The molecule has 0 rings (SSSR count). The van der Waals surface area contributed by atoms with Crippen LogP contribution < -0.4 is 10.6 Å². The van der Waals surface area contributed by atoms with Crippen molar-refractivity contribution < 1.29 is 9.53 Å². The zero-order valence-corrected chi connectivity index (χ0v) is 11.6. The van der Waals surface area contributed by atoms with Gasteiger partial charge in [0.15, 0.2) is 0 Å². The number of hydrogen-bond acceptors (Lipinski definition) is 3. The molecule has 0 aromatic heterocycles. The van der Waals surface area contributed by atoms with E-state index in [1.165, 1.54) is 6.42 Å². The molecule has 0 saturated heterocycles. The zero-order chi connectivity index (χ0) is 12.9. The van der Waals surface area contributed by atoms with E-state index in [0.29, 0.717) is 13.0 Å². The van der Waals surface area contributed by atoms with Crippen LogP contribution >= 0.6 is 0 Å². The molecule has 0 aliphatic rings. The molecule has 0 radical (unpaired) electrons. The number of unbranched alkanes of at least 4 members (excludes halogenated alkanes) is 1. The summed E-state index contributed by atoms with van der Waals surface area (Å²) in [5.74, 6) is 0.118. The summed E-state index contributed by atoms with van der Waals surface area (Å²) in [7, 11) is 0. The number of carbonyl (C=O) groups excluding carboxylic acids is 1. The van der Waals surface area contributed by atoms with Gasteiger partial charge in [-0.25, -0.2) is 0 Å². The van der Waals surface area contributed by atoms with E-state index >= 15 is 0 Å². The van der Waals surface area contributed by atoms with E-state index in [0.717, 1.165) is 32.6 Å². The van der Waals surface area contributed by atoms with Gasteiger partial charge in [0.2, 0.25) is 5.91 Å². The monoisotopic (exact) mass is 244 g/mol. The molecule has 0 bridgehead atoms. The van der Waals surface area contributed by atoms with Gasteiger partial charge in [0, 0.05) is 32.2 Å². The average Bonchev–Trinajstić information content (AvgIpc) is 2.28. The van der Waals surface area contributed by atoms with Crippen LogP contribution in [0.3, 0.4) is 0 Å². The van der Waals surface area contributed by atoms with Gasteiger partial charge in [-0.05, 0) is 26.3 Å². The smallest absolute Gasteiger partial charge is 0.221 e. The summed E-state index contributed by atoms with van der Waals surface area (Å²) in [6.45, 7) is 9.41. The second-order valence-corrected chi connectivity index (χ2v) is 4.33. The Morgan fingerprint density at radius 3 is 2.59 bits per heavy atom. The molecule has 0 heterocycles. The summed E-state index contributed by atoms with van der Waals surface area (Å²) in [5.41, 5.74) is 0. The lowest BCUT2D eigenvalue weighted by Crippen LogP contribution is -2.34. The Morgan fingerprint density at radius 2 is 1.94 bits per heavy atom. The topological polar surface area (TPSA) is 50.4 Å². The van der Waals surface area contributed by atoms with E-state index in [9.17, 15) is 4.79 Å². The summed E-state index contributed by atoms with van der Waals surface area (Å²) in [4.78, 5) is 11.5. The highest BCUT2D eigenvalue weighted by atomic mass is 16.5. The molecule has 1 amide bonds. The quantitative estimate of drug-likeness (QED) is 0.544. The normalized spacial score (nSPS) is 12.4. The van der Waals surface area contributed by atoms with Crippen molar-refractivity contribution in [3.8, 4) is 0 Å². The molecule has 0 saturated carbocycles. The minimum absolute atomic E-state index is 0.118. The molecule has 102 valence electrons. The maximum Gasteiger partial charge on any atom is 0.221 e. The van der Waals surface area contributed by atoms with E-state index in [2.05, 4.69) is 17.6 Å². The fourth-order valence-electron chi connectivity index (χ4n) is 1.52. The number of ether oxygens (including phenoxy) is 1. The molecule has 0 aromatic rings. The number of rotatable bonds is 11. The summed E-state index contributed by atoms with van der Waals surface area (Å²) in [6.07, 6.45) is 3.72. The van der Waals surface area contributed by atoms with Crippen LogP contribution in [0.2, 0.25) is 0 Å². The van der Waals surface area contributed by atoms with E-state index in [4.69, 9.17) is 4.74 Å². The second kappa shape index (κ2) is 11.9. The molecular formula is C13H28N2O2. The molecule has 17 heavy (non-hydrogen) atoms. The van der Waals surface area contributed by atoms with Crippen molar-refractivity contribution in [2.75, 3.05) is 26.3 Å². The molecule has 0 fully saturated rings. The Morgan fingerprint density at radius 1 is 1.24 bits per heavy atom. The van der Waals surface area contributed by atoms with Crippen LogP contribution in [0.25, 0.3) is 0 Å². The average molecular weight is 244 g/mol. The highest BCUT2D eigenvalue weighted by molar-refractivity contribution is 5.76. The van der Waals surface area contributed by atoms with Crippen LogP contribution in [0, 0.1) is 0 Å². The summed E-state index contributed by atoms with van der Waals surface area (Å²) >= 11 is 0. The maximum atomic E-state index is 11.5. The summed E-state index contributed by atoms with van der Waals surface area (Å²) in [5, 5.41) is 6.12. The third-order valence-corrected chi connectivity index (χ3v) is 2.47. The molecule has 2 N–H and O–H groups in total. The molecule has 1 unspecified atom stereocenters. The van der Waals surface area contributed by atoms with Crippen LogP contribution in [-0.4, -0.2) is 38.3 Å². The van der Waals surface area contributed by atoms with E-state index in [-0.39, 0.29) is 11.9 Å². The van der Waals surface area contributed by atoms with Gasteiger partial charge >= 0.3 is 0 Å². The van der Waals surface area contributed by atoms with Crippen LogP contribution in [0.4, 0.5) is 0 Å². The first-order valence-electron chi connectivity index (χ1n) is 6.78. The maximum absolute atomic E-state index is 11.5. The highest BCUT2D eigenvalue weighted by Crippen LogP contribution is 1.91. The Kier molecular flexibility index (Phi) is 11.4. The predicted octanol–water partition coefficient (Wildman–Crippen LogP) is 1.70.